The van der Waals surface area contributed by atoms with Crippen LogP contribution in [0.4, 0.5) is 0 Å². The number of tetrazole rings is 1. The molecule has 0 radical (unpaired) electrons. The van der Waals surface area contributed by atoms with Gasteiger partial charge in [-0.15, -0.1) is 16.9 Å². The van der Waals surface area contributed by atoms with E-state index in [0.29, 0.717) is 22.2 Å². The Kier molecular flexibility index (Phi) is 5.65. The van der Waals surface area contributed by atoms with Crippen LogP contribution in [0.3, 0.4) is 0 Å². The maximum absolute atomic E-state index is 12.4. The Labute approximate surface area is 165 Å². The number of halogens is 2. The average molecular weight is 439 g/mol. The number of rotatable bonds is 6. The van der Waals surface area contributed by atoms with Crippen molar-refractivity contribution in [2.45, 2.75) is 21.4 Å². The molecule has 2 aliphatic heterocycles. The topological polar surface area (TPSA) is 130 Å². The number of carbonyl (C=O) groups is 3. The van der Waals surface area contributed by atoms with Crippen molar-refractivity contribution < 1.29 is 19.5 Å². The van der Waals surface area contributed by atoms with Gasteiger partial charge in [-0.3, -0.25) is 14.5 Å². The van der Waals surface area contributed by atoms with Gasteiger partial charge < -0.3 is 10.4 Å². The molecule has 1 saturated heterocycles. The van der Waals surface area contributed by atoms with Gasteiger partial charge in [-0.1, -0.05) is 35.0 Å². The number of alkyl halides is 2. The van der Waals surface area contributed by atoms with Crippen molar-refractivity contribution in [2.75, 3.05) is 11.5 Å². The van der Waals surface area contributed by atoms with Crippen LogP contribution in [0.25, 0.3) is 0 Å². The van der Waals surface area contributed by atoms with E-state index in [1.807, 2.05) is 0 Å². The van der Waals surface area contributed by atoms with Crippen LogP contribution in [0, 0.1) is 0 Å². The third-order valence-corrected chi connectivity index (χ3v) is 6.54. The van der Waals surface area contributed by atoms with Crippen molar-refractivity contribution in [3.05, 3.63) is 11.3 Å². The Morgan fingerprint density at radius 3 is 2.81 bits per heavy atom. The maximum Gasteiger partial charge on any atom is 0.352 e. The molecule has 2 atom stereocenters. The molecule has 1 aromatic heterocycles. The monoisotopic (exact) mass is 438 g/mol. The van der Waals surface area contributed by atoms with Crippen molar-refractivity contribution in [1.82, 2.24) is 30.4 Å². The van der Waals surface area contributed by atoms with Gasteiger partial charge in [0.25, 0.3) is 11.8 Å². The van der Waals surface area contributed by atoms with Gasteiger partial charge in [0.1, 0.15) is 17.1 Å². The van der Waals surface area contributed by atoms with E-state index in [0.717, 1.165) is 0 Å². The fourth-order valence-electron chi connectivity index (χ4n) is 2.51. The molecule has 0 aromatic carbocycles. The first kappa shape index (κ1) is 19.3. The Morgan fingerprint density at radius 2 is 2.23 bits per heavy atom. The fraction of sp³-hybridized carbons (Fsp3) is 0.500. The highest BCUT2D eigenvalue weighted by molar-refractivity contribution is 8.01. The van der Waals surface area contributed by atoms with E-state index in [2.05, 4.69) is 20.8 Å². The highest BCUT2D eigenvalue weighted by atomic mass is 35.5. The zero-order valence-corrected chi connectivity index (χ0v) is 16.3. The minimum Gasteiger partial charge on any atom is -0.477 e. The normalized spacial score (nSPS) is 22.3. The Balaban J connectivity index is 1.76. The Hall–Kier alpha value is -1.50. The number of amides is 2. The number of hydrogen-bond donors (Lipinski definition) is 2. The van der Waals surface area contributed by atoms with Crippen molar-refractivity contribution in [3.63, 3.8) is 0 Å². The molecule has 0 saturated carbocycles. The van der Waals surface area contributed by atoms with E-state index in [9.17, 15) is 19.5 Å². The molecule has 2 amide bonds. The van der Waals surface area contributed by atoms with E-state index in [-0.39, 0.29) is 5.70 Å². The zero-order chi connectivity index (χ0) is 19.0. The van der Waals surface area contributed by atoms with Crippen LogP contribution in [0.5, 0.6) is 0 Å². The van der Waals surface area contributed by atoms with Crippen LogP contribution >= 0.6 is 46.7 Å². The number of carboxylic acids is 1. The van der Waals surface area contributed by atoms with Crippen molar-refractivity contribution in [2.24, 2.45) is 7.05 Å². The van der Waals surface area contributed by atoms with E-state index in [1.54, 1.807) is 7.05 Å². The van der Waals surface area contributed by atoms with Gasteiger partial charge in [0.15, 0.2) is 4.84 Å². The summed E-state index contributed by atoms with van der Waals surface area (Å²) in [6.07, 6.45) is 0. The predicted octanol–water partition coefficient (Wildman–Crippen LogP) is -0.155. The zero-order valence-electron chi connectivity index (χ0n) is 13.1. The lowest BCUT2D eigenvalue weighted by atomic mass is 10.0. The SMILES string of the molecule is Cn1nnnc1SCC1=C(C(=O)O)N2C(=O)[C@@H](NC(=O)C(Cl)Cl)[C@H]2SC1. The van der Waals surface area contributed by atoms with Crippen LogP contribution in [0.1, 0.15) is 0 Å². The smallest absolute Gasteiger partial charge is 0.352 e. The summed E-state index contributed by atoms with van der Waals surface area (Å²) in [5.41, 5.74) is 0.512. The molecule has 10 nitrogen and oxygen atoms in total. The van der Waals surface area contributed by atoms with Gasteiger partial charge in [0.2, 0.25) is 5.16 Å². The van der Waals surface area contributed by atoms with E-state index in [1.165, 1.54) is 33.1 Å². The summed E-state index contributed by atoms with van der Waals surface area (Å²) >= 11 is 13.6. The van der Waals surface area contributed by atoms with Gasteiger partial charge >= 0.3 is 5.97 Å². The number of thioether (sulfide) groups is 2. The number of aliphatic carboxylic acids is 1. The summed E-state index contributed by atoms with van der Waals surface area (Å²) in [6, 6.07) is -0.848. The Bertz CT molecular complexity index is 800. The molecular formula is C12H12Cl2N6O4S2. The molecular weight excluding hydrogens is 427 g/mol. The lowest BCUT2D eigenvalue weighted by Crippen LogP contribution is -2.71. The second kappa shape index (κ2) is 7.62. The molecule has 0 aliphatic carbocycles. The highest BCUT2D eigenvalue weighted by Crippen LogP contribution is 2.41. The number of nitrogens with zero attached hydrogens (tertiary/aromatic N) is 5. The molecule has 3 rings (SSSR count). The lowest BCUT2D eigenvalue weighted by Gasteiger charge is -2.49. The van der Waals surface area contributed by atoms with Gasteiger partial charge in [0.05, 0.1) is 0 Å². The number of carboxylic acid groups (broad SMARTS) is 1. The summed E-state index contributed by atoms with van der Waals surface area (Å²) < 4.78 is 1.47. The second-order valence-corrected chi connectivity index (χ2v) is 8.47. The summed E-state index contributed by atoms with van der Waals surface area (Å²) in [6.45, 7) is 0. The van der Waals surface area contributed by atoms with Crippen molar-refractivity contribution in [1.29, 1.82) is 0 Å². The molecule has 0 unspecified atom stereocenters. The van der Waals surface area contributed by atoms with E-state index < -0.39 is 34.0 Å². The van der Waals surface area contributed by atoms with Crippen LogP contribution < -0.4 is 5.32 Å². The third-order valence-electron chi connectivity index (χ3n) is 3.70. The number of fused-ring (bicyclic) bond motifs is 1. The molecule has 3 heterocycles. The fourth-order valence-corrected chi connectivity index (χ4v) is 4.97. The average Bonchev–Trinajstić information content (AvgIpc) is 3.01. The number of carbonyl (C=O) groups excluding carboxylic acids is 2. The number of aryl methyl sites for hydroxylation is 1. The van der Waals surface area contributed by atoms with Gasteiger partial charge in [-0.25, -0.2) is 9.48 Å². The number of nitrogens with one attached hydrogen (secondary N) is 1. The van der Waals surface area contributed by atoms with Crippen molar-refractivity contribution >= 4 is 64.5 Å². The molecule has 1 fully saturated rings. The highest BCUT2D eigenvalue weighted by Gasteiger charge is 2.54. The molecule has 2 N–H and O–H groups in total. The lowest BCUT2D eigenvalue weighted by molar-refractivity contribution is -0.150. The Morgan fingerprint density at radius 1 is 1.50 bits per heavy atom. The van der Waals surface area contributed by atoms with Crippen LogP contribution in [-0.2, 0) is 21.4 Å². The standard InChI is InChI=1S/C12H12Cl2N6O4S2/c1-19-12(16-17-18-19)26-3-4-2-25-10-5(15-8(21)7(13)14)9(22)20(10)6(4)11(23)24/h5,7,10H,2-3H2,1H3,(H,15,21)(H,23,24)/t5-,10-/m1/s1. The summed E-state index contributed by atoms with van der Waals surface area (Å²) in [5, 5.41) is 23.1. The van der Waals surface area contributed by atoms with Gasteiger partial charge in [-0.05, 0) is 16.0 Å². The first-order valence-corrected chi connectivity index (χ1v) is 10.1. The largest absolute Gasteiger partial charge is 0.477 e. The second-order valence-electron chi connectivity index (χ2n) is 5.33. The third kappa shape index (κ3) is 3.50. The maximum atomic E-state index is 12.4. The van der Waals surface area contributed by atoms with Crippen molar-refractivity contribution in [3.8, 4) is 0 Å². The summed E-state index contributed by atoms with van der Waals surface area (Å²) in [7, 11) is 1.67. The van der Waals surface area contributed by atoms with Crippen LogP contribution in [-0.4, -0.2) is 75.8 Å². The molecule has 0 bridgehead atoms. The van der Waals surface area contributed by atoms with E-state index >= 15 is 0 Å². The van der Waals surface area contributed by atoms with Gasteiger partial charge in [0, 0.05) is 18.6 Å². The molecule has 0 spiro atoms. The molecule has 14 heteroatoms. The number of aromatic nitrogens is 4. The first-order valence-electron chi connectivity index (χ1n) is 7.15. The van der Waals surface area contributed by atoms with Crippen LogP contribution in [0.15, 0.2) is 16.4 Å². The number of β-lactam (4-membered cyclic amide) rings is 1. The van der Waals surface area contributed by atoms with E-state index in [4.69, 9.17) is 23.2 Å². The molecule has 1 aromatic rings. The molecule has 2 aliphatic rings. The van der Waals surface area contributed by atoms with Crippen LogP contribution in [0.2, 0.25) is 0 Å². The number of hydrogen-bond acceptors (Lipinski definition) is 8. The first-order chi connectivity index (χ1) is 12.3. The molecule has 140 valence electrons. The predicted molar refractivity (Wildman–Crippen MR) is 94.7 cm³/mol. The quantitative estimate of drug-likeness (QED) is 0.353. The minimum atomic E-state index is -1.30. The summed E-state index contributed by atoms with van der Waals surface area (Å²) in [4.78, 5) is 35.6. The minimum absolute atomic E-state index is 0.0693. The summed E-state index contributed by atoms with van der Waals surface area (Å²) in [5.74, 6) is -1.69. The van der Waals surface area contributed by atoms with Gasteiger partial charge in [-0.2, -0.15) is 0 Å². The molecule has 26 heavy (non-hydrogen) atoms.